The number of cyclic esters (lactones) is 1. The second-order valence-corrected chi connectivity index (χ2v) is 7.41. The average Bonchev–Trinajstić information content (AvgIpc) is 3.00. The minimum atomic E-state index is -0.529. The Hall–Kier alpha value is -2.35. The van der Waals surface area contributed by atoms with E-state index in [0.29, 0.717) is 24.5 Å². The molecule has 0 aromatic heterocycles. The topological polar surface area (TPSA) is 71.1 Å². The Kier molecular flexibility index (Phi) is 4.90. The Morgan fingerprint density at radius 1 is 1.26 bits per heavy atom. The molecule has 3 saturated heterocycles. The van der Waals surface area contributed by atoms with Crippen LogP contribution in [-0.4, -0.2) is 56.5 Å². The maximum absolute atomic E-state index is 14.8. The molecule has 1 aromatic carbocycles. The lowest BCUT2D eigenvalue weighted by Gasteiger charge is -2.42. The zero-order valence-corrected chi connectivity index (χ0v) is 15.3. The summed E-state index contributed by atoms with van der Waals surface area (Å²) < 4.78 is 26.0. The predicted molar refractivity (Wildman–Crippen MR) is 97.4 cm³/mol. The third-order valence-corrected chi connectivity index (χ3v) is 5.32. The number of nitrogens with one attached hydrogen (secondary N) is 1. The number of morpholine rings is 1. The second-order valence-electron chi connectivity index (χ2n) is 7.41. The number of hydrogen-bond donors (Lipinski definition) is 1. The van der Waals surface area contributed by atoms with Gasteiger partial charge in [0, 0.05) is 20.0 Å². The summed E-state index contributed by atoms with van der Waals surface area (Å²) in [5.41, 5.74) is 1.00. The van der Waals surface area contributed by atoms with Gasteiger partial charge in [0.25, 0.3) is 0 Å². The molecule has 3 atom stereocenters. The highest BCUT2D eigenvalue weighted by atomic mass is 19.1. The summed E-state index contributed by atoms with van der Waals surface area (Å²) >= 11 is 0. The van der Waals surface area contributed by atoms with E-state index in [9.17, 15) is 14.0 Å². The van der Waals surface area contributed by atoms with Gasteiger partial charge in [-0.2, -0.15) is 0 Å². The lowest BCUT2D eigenvalue weighted by molar-refractivity contribution is -0.119. The molecule has 2 bridgehead atoms. The largest absolute Gasteiger partial charge is 0.442 e. The molecule has 1 N–H and O–H groups in total. The standard InChI is InChI=1S/C19H24FN3O4/c1-12(24)21-8-16-11-23(19(25)27-16)13-5-6-18(17(20)7-13)22-9-14-3-2-4-15(10-22)26-14/h5-7,14-16H,2-4,8-11H2,1H3,(H,21,24)/t14?,15?,16-/m0/s1. The van der Waals surface area contributed by atoms with Crippen molar-refractivity contribution in [2.75, 3.05) is 36.0 Å². The number of carbonyl (C=O) groups excluding carboxylic acids is 2. The highest BCUT2D eigenvalue weighted by Gasteiger charge is 2.34. The zero-order chi connectivity index (χ0) is 19.0. The van der Waals surface area contributed by atoms with Crippen molar-refractivity contribution in [1.82, 2.24) is 5.32 Å². The van der Waals surface area contributed by atoms with Crippen molar-refractivity contribution in [3.8, 4) is 0 Å². The summed E-state index contributed by atoms with van der Waals surface area (Å²) in [6, 6.07) is 4.84. The first kappa shape index (κ1) is 18.0. The van der Waals surface area contributed by atoms with Crippen LogP contribution < -0.4 is 15.1 Å². The fourth-order valence-electron chi connectivity index (χ4n) is 4.03. The van der Waals surface area contributed by atoms with Crippen LogP contribution in [0.2, 0.25) is 0 Å². The van der Waals surface area contributed by atoms with Gasteiger partial charge in [-0.05, 0) is 37.5 Å². The maximum Gasteiger partial charge on any atom is 0.414 e. The van der Waals surface area contributed by atoms with Crippen LogP contribution in [0.15, 0.2) is 18.2 Å². The Balaban J connectivity index is 1.45. The monoisotopic (exact) mass is 377 g/mol. The van der Waals surface area contributed by atoms with E-state index in [1.54, 1.807) is 12.1 Å². The third-order valence-electron chi connectivity index (χ3n) is 5.32. The van der Waals surface area contributed by atoms with Gasteiger partial charge in [-0.25, -0.2) is 9.18 Å². The van der Waals surface area contributed by atoms with Crippen LogP contribution in [0.1, 0.15) is 26.2 Å². The Morgan fingerprint density at radius 2 is 2.00 bits per heavy atom. The van der Waals surface area contributed by atoms with E-state index in [2.05, 4.69) is 5.32 Å². The third kappa shape index (κ3) is 3.85. The lowest BCUT2D eigenvalue weighted by atomic mass is 9.99. The van der Waals surface area contributed by atoms with Crippen LogP contribution in [0.4, 0.5) is 20.6 Å². The first-order valence-corrected chi connectivity index (χ1v) is 9.42. The molecule has 3 aliphatic heterocycles. The van der Waals surface area contributed by atoms with E-state index in [0.717, 1.165) is 12.8 Å². The molecule has 0 radical (unpaired) electrons. The zero-order valence-electron chi connectivity index (χ0n) is 15.3. The Labute approximate surface area is 157 Å². The molecule has 0 spiro atoms. The van der Waals surface area contributed by atoms with Crippen LogP contribution >= 0.6 is 0 Å². The average molecular weight is 377 g/mol. The Bertz CT molecular complexity index is 732. The molecular formula is C19H24FN3O4. The molecule has 146 valence electrons. The summed E-state index contributed by atoms with van der Waals surface area (Å²) in [4.78, 5) is 26.5. The number of anilines is 2. The minimum Gasteiger partial charge on any atom is -0.442 e. The molecule has 0 saturated carbocycles. The van der Waals surface area contributed by atoms with Crippen molar-refractivity contribution in [3.05, 3.63) is 24.0 Å². The van der Waals surface area contributed by atoms with Crippen molar-refractivity contribution in [3.63, 3.8) is 0 Å². The van der Waals surface area contributed by atoms with Crippen molar-refractivity contribution in [2.45, 2.75) is 44.5 Å². The number of carbonyl (C=O) groups is 2. The molecule has 2 unspecified atom stereocenters. The van der Waals surface area contributed by atoms with Crippen LogP contribution in [0, 0.1) is 5.82 Å². The van der Waals surface area contributed by atoms with Gasteiger partial charge in [-0.3, -0.25) is 9.69 Å². The molecule has 0 aliphatic carbocycles. The first-order valence-electron chi connectivity index (χ1n) is 9.42. The van der Waals surface area contributed by atoms with Gasteiger partial charge in [0.05, 0.1) is 36.7 Å². The normalized spacial score (nSPS) is 27.5. The van der Waals surface area contributed by atoms with Gasteiger partial charge in [0.2, 0.25) is 5.91 Å². The summed E-state index contributed by atoms with van der Waals surface area (Å²) in [6.07, 6.45) is 2.56. The van der Waals surface area contributed by atoms with Crippen LogP contribution in [-0.2, 0) is 14.3 Å². The van der Waals surface area contributed by atoms with Crippen LogP contribution in [0.5, 0.6) is 0 Å². The Morgan fingerprint density at radius 3 is 2.67 bits per heavy atom. The highest BCUT2D eigenvalue weighted by molar-refractivity contribution is 5.90. The summed E-state index contributed by atoms with van der Waals surface area (Å²) in [7, 11) is 0. The summed E-state index contributed by atoms with van der Waals surface area (Å²) in [5.74, 6) is -0.541. The van der Waals surface area contributed by atoms with E-state index < -0.39 is 12.2 Å². The van der Waals surface area contributed by atoms with Crippen LogP contribution in [0.25, 0.3) is 0 Å². The SMILES string of the molecule is CC(=O)NC[C@H]1CN(c2ccc(N3CC4CCCC(C3)O4)c(F)c2)C(=O)O1. The molecule has 4 rings (SSSR count). The smallest absolute Gasteiger partial charge is 0.414 e. The number of nitrogens with zero attached hydrogens (tertiary/aromatic N) is 2. The summed E-state index contributed by atoms with van der Waals surface area (Å²) in [5, 5.41) is 2.63. The van der Waals surface area contributed by atoms with E-state index >= 15 is 0 Å². The molecule has 8 heteroatoms. The number of hydrogen-bond acceptors (Lipinski definition) is 5. The number of halogens is 1. The second kappa shape index (κ2) is 7.34. The van der Waals surface area contributed by atoms with Crippen molar-refractivity contribution >= 4 is 23.4 Å². The van der Waals surface area contributed by atoms with Gasteiger partial charge in [0.15, 0.2) is 0 Å². The number of ether oxygens (including phenoxy) is 2. The van der Waals surface area contributed by atoms with Crippen molar-refractivity contribution in [1.29, 1.82) is 0 Å². The molecule has 1 aromatic rings. The predicted octanol–water partition coefficient (Wildman–Crippen LogP) is 2.04. The molecule has 3 aliphatic rings. The van der Waals surface area contributed by atoms with Gasteiger partial charge in [0.1, 0.15) is 11.9 Å². The molecule has 7 nitrogen and oxygen atoms in total. The molecule has 3 heterocycles. The highest BCUT2D eigenvalue weighted by Crippen LogP contribution is 2.32. The first-order chi connectivity index (χ1) is 13.0. The number of benzene rings is 1. The number of fused-ring (bicyclic) bond motifs is 2. The quantitative estimate of drug-likeness (QED) is 0.870. The minimum absolute atomic E-state index is 0.166. The van der Waals surface area contributed by atoms with E-state index in [1.165, 1.54) is 24.3 Å². The van der Waals surface area contributed by atoms with Gasteiger partial charge in [-0.15, -0.1) is 0 Å². The number of amides is 2. The van der Waals surface area contributed by atoms with Gasteiger partial charge >= 0.3 is 6.09 Å². The van der Waals surface area contributed by atoms with E-state index in [4.69, 9.17) is 9.47 Å². The fourth-order valence-corrected chi connectivity index (χ4v) is 4.03. The van der Waals surface area contributed by atoms with Gasteiger partial charge in [-0.1, -0.05) is 0 Å². The summed E-state index contributed by atoms with van der Waals surface area (Å²) in [6.45, 7) is 3.31. The molecule has 27 heavy (non-hydrogen) atoms. The lowest BCUT2D eigenvalue weighted by Crippen LogP contribution is -2.50. The fraction of sp³-hybridized carbons (Fsp3) is 0.579. The molecule has 3 fully saturated rings. The van der Waals surface area contributed by atoms with E-state index in [1.807, 2.05) is 4.90 Å². The van der Waals surface area contributed by atoms with Crippen molar-refractivity contribution < 1.29 is 23.5 Å². The van der Waals surface area contributed by atoms with Gasteiger partial charge < -0.3 is 19.7 Å². The van der Waals surface area contributed by atoms with Crippen LogP contribution in [0.3, 0.4) is 0 Å². The molecular weight excluding hydrogens is 353 g/mol. The van der Waals surface area contributed by atoms with Crippen molar-refractivity contribution in [2.24, 2.45) is 0 Å². The van der Waals surface area contributed by atoms with E-state index in [-0.39, 0.29) is 37.0 Å². The molecule has 2 amide bonds. The number of rotatable bonds is 4. The maximum atomic E-state index is 14.8.